The van der Waals surface area contributed by atoms with Crippen LogP contribution < -0.4 is 5.32 Å². The largest absolute Gasteiger partial charge is 0.394 e. The number of hydrogen-bond donors (Lipinski definition) is 2. The Labute approximate surface area is 162 Å². The highest BCUT2D eigenvalue weighted by Gasteiger charge is 2.22. The number of aromatic nitrogens is 4. The van der Waals surface area contributed by atoms with E-state index in [9.17, 15) is 13.6 Å². The van der Waals surface area contributed by atoms with Crippen molar-refractivity contribution in [2.24, 2.45) is 7.05 Å². The van der Waals surface area contributed by atoms with Gasteiger partial charge >= 0.3 is 0 Å². The third kappa shape index (κ3) is 3.04. The molecule has 10 heteroatoms. The molecule has 0 saturated heterocycles. The molecular formula is C18H17F2N5O2S. The molecule has 28 heavy (non-hydrogen) atoms. The number of fused-ring (bicyclic) bond motifs is 3. The molecule has 2 N–H and O–H groups in total. The number of aliphatic hydroxyl groups excluding tert-OH is 1. The van der Waals surface area contributed by atoms with E-state index in [2.05, 4.69) is 15.4 Å². The second-order valence-electron chi connectivity index (χ2n) is 6.51. The second-order valence-corrected chi connectivity index (χ2v) is 7.54. The lowest BCUT2D eigenvalue weighted by Gasteiger charge is -2.09. The average molecular weight is 405 g/mol. The maximum absolute atomic E-state index is 12.9. The van der Waals surface area contributed by atoms with Crippen LogP contribution in [0.2, 0.25) is 0 Å². The van der Waals surface area contributed by atoms with E-state index in [-0.39, 0.29) is 24.1 Å². The fourth-order valence-electron chi connectivity index (χ4n) is 2.99. The zero-order valence-electron chi connectivity index (χ0n) is 15.1. The average Bonchev–Trinajstić information content (AvgIpc) is 3.32. The lowest BCUT2D eigenvalue weighted by atomic mass is 10.3. The number of aliphatic hydroxyl groups is 1. The van der Waals surface area contributed by atoms with E-state index in [1.54, 1.807) is 29.3 Å². The van der Waals surface area contributed by atoms with Crippen molar-refractivity contribution in [3.63, 3.8) is 0 Å². The van der Waals surface area contributed by atoms with Crippen LogP contribution in [0.4, 0.5) is 8.78 Å². The van der Waals surface area contributed by atoms with Crippen LogP contribution in [0.15, 0.2) is 30.6 Å². The molecule has 4 aromatic rings. The van der Waals surface area contributed by atoms with Crippen LogP contribution in [0.1, 0.15) is 28.6 Å². The number of pyridine rings is 1. The first-order valence-corrected chi connectivity index (χ1v) is 9.34. The van der Waals surface area contributed by atoms with Gasteiger partial charge in [-0.1, -0.05) is 0 Å². The number of carbonyl (C=O) groups excluding carboxylic acids is 1. The molecule has 1 atom stereocenters. The molecule has 0 saturated carbocycles. The Bertz CT molecular complexity index is 1160. The molecule has 146 valence electrons. The molecule has 0 unspecified atom stereocenters. The van der Waals surface area contributed by atoms with Gasteiger partial charge in [0.1, 0.15) is 10.6 Å². The zero-order valence-corrected chi connectivity index (χ0v) is 15.9. The summed E-state index contributed by atoms with van der Waals surface area (Å²) >= 11 is 1.26. The minimum atomic E-state index is -2.59. The lowest BCUT2D eigenvalue weighted by Crippen LogP contribution is -2.34. The van der Waals surface area contributed by atoms with Crippen molar-refractivity contribution >= 4 is 38.5 Å². The minimum absolute atomic E-state index is 0.157. The molecule has 0 fully saturated rings. The number of halogens is 2. The maximum Gasteiger partial charge on any atom is 0.265 e. The Balaban J connectivity index is 1.86. The molecule has 4 heterocycles. The van der Waals surface area contributed by atoms with Gasteiger partial charge in [-0.2, -0.15) is 5.10 Å². The van der Waals surface area contributed by atoms with Gasteiger partial charge in [-0.3, -0.25) is 14.0 Å². The third-order valence-corrected chi connectivity index (χ3v) is 5.47. The summed E-state index contributed by atoms with van der Waals surface area (Å²) in [6.45, 7) is 1.55. The first-order valence-electron chi connectivity index (χ1n) is 8.53. The molecular weight excluding hydrogens is 388 g/mol. The van der Waals surface area contributed by atoms with E-state index in [0.29, 0.717) is 16.3 Å². The van der Waals surface area contributed by atoms with Crippen LogP contribution in [0.5, 0.6) is 0 Å². The zero-order chi connectivity index (χ0) is 20.0. The summed E-state index contributed by atoms with van der Waals surface area (Å²) in [7, 11) is 1.78. The molecule has 0 spiro atoms. The van der Waals surface area contributed by atoms with Gasteiger partial charge < -0.3 is 10.4 Å². The Hall–Kier alpha value is -2.85. The van der Waals surface area contributed by atoms with Crippen molar-refractivity contribution in [1.82, 2.24) is 24.6 Å². The van der Waals surface area contributed by atoms with Crippen LogP contribution in [0.3, 0.4) is 0 Å². The Kier molecular flexibility index (Phi) is 4.60. The summed E-state index contributed by atoms with van der Waals surface area (Å²) in [5.41, 5.74) is 0.477. The fourth-order valence-corrected chi connectivity index (χ4v) is 4.08. The number of aryl methyl sites for hydroxylation is 1. The predicted molar refractivity (Wildman–Crippen MR) is 102 cm³/mol. The quantitative estimate of drug-likeness (QED) is 0.535. The number of nitrogens with one attached hydrogen (secondary N) is 1. The van der Waals surface area contributed by atoms with Gasteiger partial charge in [-0.15, -0.1) is 11.3 Å². The highest BCUT2D eigenvalue weighted by molar-refractivity contribution is 7.20. The predicted octanol–water partition coefficient (Wildman–Crippen LogP) is 3.02. The Morgan fingerprint density at radius 1 is 1.36 bits per heavy atom. The van der Waals surface area contributed by atoms with Gasteiger partial charge in [0.15, 0.2) is 5.65 Å². The van der Waals surface area contributed by atoms with Crippen LogP contribution in [-0.4, -0.2) is 43.0 Å². The van der Waals surface area contributed by atoms with Crippen molar-refractivity contribution < 1.29 is 18.7 Å². The molecule has 0 aliphatic heterocycles. The van der Waals surface area contributed by atoms with Gasteiger partial charge in [-0.25, -0.2) is 13.8 Å². The number of nitrogens with zero attached hydrogens (tertiary/aromatic N) is 4. The van der Waals surface area contributed by atoms with Gasteiger partial charge in [0.05, 0.1) is 11.5 Å². The lowest BCUT2D eigenvalue weighted by molar-refractivity contribution is 0.0926. The van der Waals surface area contributed by atoms with Crippen molar-refractivity contribution in [2.45, 2.75) is 19.4 Å². The molecule has 0 aromatic carbocycles. The molecule has 4 rings (SSSR count). The smallest absolute Gasteiger partial charge is 0.265 e. The van der Waals surface area contributed by atoms with Crippen molar-refractivity contribution in [1.29, 1.82) is 0 Å². The molecule has 0 aliphatic carbocycles. The Morgan fingerprint density at radius 3 is 2.79 bits per heavy atom. The Morgan fingerprint density at radius 2 is 2.14 bits per heavy atom. The molecule has 0 bridgehead atoms. The standard InChI is InChI=1S/C18H17F2N5O2S/c1-9(8-26)22-17(27)13-5-11-12-7-24(2)23-16(12)25(18(11)28-13)14-4-3-10(6-21-14)15(19)20/h3-7,9,15,26H,8H2,1-2H3,(H,22,27)/t9-/m1/s1. The SMILES string of the molecule is C[C@H](CO)NC(=O)c1cc2c3cn(C)nc3n(-c3ccc(C(F)F)cn3)c2s1. The van der Waals surface area contributed by atoms with Crippen LogP contribution in [0.25, 0.3) is 27.1 Å². The first kappa shape index (κ1) is 18.5. The number of carbonyl (C=O) groups is 1. The summed E-state index contributed by atoms with van der Waals surface area (Å²) in [6, 6.07) is 4.26. The van der Waals surface area contributed by atoms with Crippen molar-refractivity contribution in [3.8, 4) is 5.82 Å². The van der Waals surface area contributed by atoms with E-state index < -0.39 is 6.43 Å². The molecule has 4 aromatic heterocycles. The van der Waals surface area contributed by atoms with Gasteiger partial charge in [0.2, 0.25) is 0 Å². The first-order chi connectivity index (χ1) is 13.4. The number of hydrogen-bond acceptors (Lipinski definition) is 5. The van der Waals surface area contributed by atoms with E-state index in [0.717, 1.165) is 21.8 Å². The normalized spacial score (nSPS) is 12.9. The summed E-state index contributed by atoms with van der Waals surface area (Å²) < 4.78 is 29.1. The molecule has 0 aliphatic rings. The fraction of sp³-hybridized carbons (Fsp3) is 0.278. The highest BCUT2D eigenvalue weighted by Crippen LogP contribution is 2.36. The van der Waals surface area contributed by atoms with Crippen LogP contribution in [0, 0.1) is 0 Å². The molecule has 0 radical (unpaired) electrons. The van der Waals surface area contributed by atoms with E-state index in [4.69, 9.17) is 5.11 Å². The van der Waals surface area contributed by atoms with Crippen LogP contribution in [-0.2, 0) is 7.05 Å². The topological polar surface area (TPSA) is 85.0 Å². The third-order valence-electron chi connectivity index (χ3n) is 4.35. The summed E-state index contributed by atoms with van der Waals surface area (Å²) in [6.07, 6.45) is 0.392. The van der Waals surface area contributed by atoms with E-state index >= 15 is 0 Å². The van der Waals surface area contributed by atoms with Gasteiger partial charge in [0, 0.05) is 41.8 Å². The summed E-state index contributed by atoms with van der Waals surface area (Å²) in [5.74, 6) is 0.160. The number of alkyl halides is 2. The van der Waals surface area contributed by atoms with E-state index in [1.807, 2.05) is 6.20 Å². The number of rotatable bonds is 5. The second kappa shape index (κ2) is 6.95. The van der Waals surface area contributed by atoms with E-state index in [1.165, 1.54) is 23.5 Å². The van der Waals surface area contributed by atoms with Crippen LogP contribution >= 0.6 is 11.3 Å². The highest BCUT2D eigenvalue weighted by atomic mass is 32.1. The summed E-state index contributed by atoms with van der Waals surface area (Å²) in [5, 5.41) is 18.0. The number of thiophene rings is 1. The van der Waals surface area contributed by atoms with Gasteiger partial charge in [-0.05, 0) is 25.1 Å². The van der Waals surface area contributed by atoms with Crippen molar-refractivity contribution in [2.75, 3.05) is 6.61 Å². The molecule has 7 nitrogen and oxygen atoms in total. The molecule has 1 amide bonds. The monoisotopic (exact) mass is 405 g/mol. The minimum Gasteiger partial charge on any atom is -0.394 e. The van der Waals surface area contributed by atoms with Gasteiger partial charge in [0.25, 0.3) is 12.3 Å². The maximum atomic E-state index is 12.9. The number of amides is 1. The van der Waals surface area contributed by atoms with Crippen molar-refractivity contribution in [3.05, 3.63) is 41.0 Å². The summed E-state index contributed by atoms with van der Waals surface area (Å²) in [4.78, 5) is 17.9.